The summed E-state index contributed by atoms with van der Waals surface area (Å²) in [7, 11) is 0. The maximum atomic E-state index is 12.2. The zero-order valence-electron chi connectivity index (χ0n) is 13.1. The van der Waals surface area contributed by atoms with Gasteiger partial charge in [0.15, 0.2) is 5.41 Å². The van der Waals surface area contributed by atoms with Crippen LogP contribution in [-0.4, -0.2) is 34.6 Å². The molecule has 0 saturated heterocycles. The molecule has 1 saturated carbocycles. The Bertz CT molecular complexity index is 443. The molecule has 3 N–H and O–H groups in total. The quantitative estimate of drug-likeness (QED) is 0.592. The summed E-state index contributed by atoms with van der Waals surface area (Å²) in [5.41, 5.74) is -1.91. The van der Waals surface area contributed by atoms with Gasteiger partial charge in [0.1, 0.15) is 0 Å². The number of hydrogen-bond donors (Lipinski definition) is 3. The molecule has 0 spiro atoms. The van der Waals surface area contributed by atoms with Crippen LogP contribution in [-0.2, 0) is 14.4 Å². The van der Waals surface area contributed by atoms with E-state index in [1.165, 1.54) is 0 Å². The molecule has 2 atom stereocenters. The lowest BCUT2D eigenvalue weighted by Gasteiger charge is -2.20. The number of carboxylic acids is 2. The average molecular weight is 299 g/mol. The molecule has 0 bridgehead atoms. The van der Waals surface area contributed by atoms with Crippen molar-refractivity contribution in [3.63, 3.8) is 0 Å². The molecule has 1 amide bonds. The summed E-state index contributed by atoms with van der Waals surface area (Å²) in [5, 5.41) is 20.9. The van der Waals surface area contributed by atoms with E-state index in [2.05, 4.69) is 5.32 Å². The molecule has 0 heterocycles. The highest BCUT2D eigenvalue weighted by Crippen LogP contribution is 2.63. The van der Waals surface area contributed by atoms with Crippen LogP contribution in [0.4, 0.5) is 0 Å². The summed E-state index contributed by atoms with van der Waals surface area (Å²) in [6.45, 7) is 7.68. The molecule has 1 unspecified atom stereocenters. The van der Waals surface area contributed by atoms with Gasteiger partial charge in [0.2, 0.25) is 5.91 Å². The van der Waals surface area contributed by atoms with Crippen molar-refractivity contribution in [2.24, 2.45) is 22.7 Å². The minimum atomic E-state index is -1.36. The third-order valence-corrected chi connectivity index (χ3v) is 4.31. The van der Waals surface area contributed by atoms with Gasteiger partial charge < -0.3 is 15.5 Å². The molecule has 0 aliphatic heterocycles. The fraction of sp³-hybridized carbons (Fsp3) is 0.800. The second kappa shape index (κ2) is 6.03. The molecule has 6 heteroatoms. The summed E-state index contributed by atoms with van der Waals surface area (Å²) < 4.78 is 0. The smallest absolute Gasteiger partial charge is 0.319 e. The number of amides is 1. The van der Waals surface area contributed by atoms with Gasteiger partial charge >= 0.3 is 11.9 Å². The number of carbonyl (C=O) groups excluding carboxylic acids is 1. The van der Waals surface area contributed by atoms with Crippen molar-refractivity contribution in [1.82, 2.24) is 5.32 Å². The average Bonchev–Trinajstić information content (AvgIpc) is 2.89. The molecule has 0 aromatic heterocycles. The van der Waals surface area contributed by atoms with E-state index in [1.807, 2.05) is 13.8 Å². The third kappa shape index (κ3) is 3.74. The van der Waals surface area contributed by atoms with Crippen molar-refractivity contribution < 1.29 is 24.6 Å². The molecule has 1 fully saturated rings. The Hall–Kier alpha value is -1.59. The number of carboxylic acid groups (broad SMARTS) is 2. The number of rotatable bonds is 8. The van der Waals surface area contributed by atoms with E-state index in [0.29, 0.717) is 18.8 Å². The van der Waals surface area contributed by atoms with E-state index in [4.69, 9.17) is 5.11 Å². The highest BCUT2D eigenvalue weighted by molar-refractivity contribution is 6.06. The van der Waals surface area contributed by atoms with Crippen LogP contribution >= 0.6 is 0 Å². The lowest BCUT2D eigenvalue weighted by molar-refractivity contribution is -0.151. The molecule has 0 aromatic carbocycles. The van der Waals surface area contributed by atoms with Crippen LogP contribution in [0, 0.1) is 22.7 Å². The van der Waals surface area contributed by atoms with Crippen LogP contribution in [0.1, 0.15) is 47.0 Å². The molecule has 1 aliphatic rings. The van der Waals surface area contributed by atoms with Gasteiger partial charge in [-0.05, 0) is 30.1 Å². The predicted octanol–water partition coefficient (Wildman–Crippen LogP) is 1.74. The molecule has 21 heavy (non-hydrogen) atoms. The van der Waals surface area contributed by atoms with Gasteiger partial charge in [0.05, 0.1) is 0 Å². The van der Waals surface area contributed by atoms with Crippen LogP contribution in [0.15, 0.2) is 0 Å². The van der Waals surface area contributed by atoms with E-state index in [-0.39, 0.29) is 18.9 Å². The standard InChI is InChI=1S/C15H25NO5/c1-9(2)5-10(6-11(17)18)7-16-12(19)15(13(20)21)8-14(15,3)4/h9-10H,5-8H2,1-4H3,(H,16,19)(H,17,18)(H,20,21)/t10-,15?/m0/s1. The van der Waals surface area contributed by atoms with Crippen molar-refractivity contribution in [1.29, 1.82) is 0 Å². The van der Waals surface area contributed by atoms with Gasteiger partial charge in [-0.15, -0.1) is 0 Å². The normalized spacial score (nSPS) is 24.4. The zero-order valence-corrected chi connectivity index (χ0v) is 13.1. The molecule has 1 rings (SSSR count). The topological polar surface area (TPSA) is 104 Å². The molecular weight excluding hydrogens is 274 g/mol. The summed E-state index contributed by atoms with van der Waals surface area (Å²) in [4.78, 5) is 34.5. The minimum Gasteiger partial charge on any atom is -0.481 e. The molecular formula is C15H25NO5. The third-order valence-electron chi connectivity index (χ3n) is 4.31. The highest BCUT2D eigenvalue weighted by Gasteiger charge is 2.71. The molecule has 0 aromatic rings. The number of aliphatic carboxylic acids is 2. The largest absolute Gasteiger partial charge is 0.481 e. The molecule has 120 valence electrons. The summed E-state index contributed by atoms with van der Waals surface area (Å²) in [6.07, 6.45) is 0.965. The predicted molar refractivity (Wildman–Crippen MR) is 76.7 cm³/mol. The zero-order chi connectivity index (χ0) is 16.4. The van der Waals surface area contributed by atoms with Crippen molar-refractivity contribution in [3.05, 3.63) is 0 Å². The second-order valence-corrected chi connectivity index (χ2v) is 7.07. The molecule has 1 aliphatic carbocycles. The first-order chi connectivity index (χ1) is 9.53. The fourth-order valence-electron chi connectivity index (χ4n) is 3.01. The van der Waals surface area contributed by atoms with Crippen LogP contribution in [0.25, 0.3) is 0 Å². The Morgan fingerprint density at radius 1 is 1.19 bits per heavy atom. The lowest BCUT2D eigenvalue weighted by atomic mass is 9.92. The van der Waals surface area contributed by atoms with Crippen molar-refractivity contribution in [3.8, 4) is 0 Å². The summed E-state index contributed by atoms with van der Waals surface area (Å²) in [6, 6.07) is 0. The number of carbonyl (C=O) groups is 3. The maximum absolute atomic E-state index is 12.2. The van der Waals surface area contributed by atoms with Gasteiger partial charge in [-0.25, -0.2) is 0 Å². The fourth-order valence-corrected chi connectivity index (χ4v) is 3.01. The second-order valence-electron chi connectivity index (χ2n) is 7.07. The molecule has 0 radical (unpaired) electrons. The Balaban J connectivity index is 2.65. The van der Waals surface area contributed by atoms with Gasteiger partial charge in [0, 0.05) is 13.0 Å². The summed E-state index contributed by atoms with van der Waals surface area (Å²) >= 11 is 0. The highest BCUT2D eigenvalue weighted by atomic mass is 16.4. The van der Waals surface area contributed by atoms with E-state index in [0.717, 1.165) is 0 Å². The number of hydrogen-bond acceptors (Lipinski definition) is 3. The van der Waals surface area contributed by atoms with Crippen LogP contribution in [0.5, 0.6) is 0 Å². The first kappa shape index (κ1) is 17.5. The van der Waals surface area contributed by atoms with Gasteiger partial charge in [-0.1, -0.05) is 27.7 Å². The van der Waals surface area contributed by atoms with Gasteiger partial charge in [-0.2, -0.15) is 0 Å². The van der Waals surface area contributed by atoms with E-state index in [1.54, 1.807) is 13.8 Å². The van der Waals surface area contributed by atoms with E-state index >= 15 is 0 Å². The van der Waals surface area contributed by atoms with Crippen molar-refractivity contribution in [2.75, 3.05) is 6.54 Å². The SMILES string of the molecule is CC(C)C[C@H](CNC(=O)C1(C(=O)O)CC1(C)C)CC(=O)O. The van der Waals surface area contributed by atoms with Crippen molar-refractivity contribution in [2.45, 2.75) is 47.0 Å². The lowest BCUT2D eigenvalue weighted by Crippen LogP contribution is -2.42. The Morgan fingerprint density at radius 2 is 1.71 bits per heavy atom. The minimum absolute atomic E-state index is 0.0259. The Morgan fingerprint density at radius 3 is 2.05 bits per heavy atom. The Kier molecular flexibility index (Phi) is 5.02. The van der Waals surface area contributed by atoms with E-state index < -0.39 is 28.7 Å². The maximum Gasteiger partial charge on any atom is 0.319 e. The van der Waals surface area contributed by atoms with Crippen LogP contribution in [0.2, 0.25) is 0 Å². The number of nitrogens with one attached hydrogen (secondary N) is 1. The van der Waals surface area contributed by atoms with Gasteiger partial charge in [0.25, 0.3) is 0 Å². The Labute approximate surface area is 124 Å². The van der Waals surface area contributed by atoms with Crippen molar-refractivity contribution >= 4 is 17.8 Å². The van der Waals surface area contributed by atoms with E-state index in [9.17, 15) is 19.5 Å². The monoisotopic (exact) mass is 299 g/mol. The first-order valence-electron chi connectivity index (χ1n) is 7.26. The van der Waals surface area contributed by atoms with Gasteiger partial charge in [-0.3, -0.25) is 14.4 Å². The molecule has 6 nitrogen and oxygen atoms in total. The summed E-state index contributed by atoms with van der Waals surface area (Å²) in [5.74, 6) is -2.38. The first-order valence-corrected chi connectivity index (χ1v) is 7.26. The van der Waals surface area contributed by atoms with Crippen LogP contribution < -0.4 is 5.32 Å². The van der Waals surface area contributed by atoms with Crippen LogP contribution in [0.3, 0.4) is 0 Å².